The predicted octanol–water partition coefficient (Wildman–Crippen LogP) is 0.403. The molecule has 0 heterocycles. The zero-order valence-electron chi connectivity index (χ0n) is 14.4. The van der Waals surface area contributed by atoms with E-state index < -0.39 is 30.0 Å². The van der Waals surface area contributed by atoms with Gasteiger partial charge in [-0.05, 0) is 19.3 Å². The van der Waals surface area contributed by atoms with Crippen molar-refractivity contribution in [2.45, 2.75) is 69.6 Å². The van der Waals surface area contributed by atoms with Crippen LogP contribution in [0.5, 0.6) is 0 Å². The van der Waals surface area contributed by atoms with Crippen molar-refractivity contribution in [2.75, 3.05) is 13.7 Å². The van der Waals surface area contributed by atoms with E-state index in [1.807, 2.05) is 0 Å². The van der Waals surface area contributed by atoms with Crippen molar-refractivity contribution in [3.8, 4) is 0 Å². The number of esters is 3. The van der Waals surface area contributed by atoms with Gasteiger partial charge in [0.15, 0.2) is 0 Å². The SMILES string of the molecule is CCCC1(OC[C@H](N)C(=O)OC(=O)[C@@H](N)CC(=O)OC)CCCC1. The third-order valence-electron chi connectivity index (χ3n) is 4.21. The third-order valence-corrected chi connectivity index (χ3v) is 4.21. The molecular formula is C16H28N2O6. The van der Waals surface area contributed by atoms with Crippen LogP contribution >= 0.6 is 0 Å². The second-order valence-electron chi connectivity index (χ2n) is 6.18. The van der Waals surface area contributed by atoms with E-state index >= 15 is 0 Å². The Bertz CT molecular complexity index is 448. The summed E-state index contributed by atoms with van der Waals surface area (Å²) in [5.41, 5.74) is 11.0. The summed E-state index contributed by atoms with van der Waals surface area (Å²) >= 11 is 0. The Hall–Kier alpha value is -1.51. The third kappa shape index (κ3) is 6.18. The number of hydrogen-bond donors (Lipinski definition) is 2. The Kier molecular flexibility index (Phi) is 8.30. The fraction of sp³-hybridized carbons (Fsp3) is 0.812. The molecule has 0 aliphatic heterocycles. The largest absolute Gasteiger partial charge is 0.469 e. The normalized spacial score (nSPS) is 18.7. The van der Waals surface area contributed by atoms with Crippen LogP contribution in [0.2, 0.25) is 0 Å². The summed E-state index contributed by atoms with van der Waals surface area (Å²) < 4.78 is 14.9. The lowest BCUT2D eigenvalue weighted by Gasteiger charge is -2.30. The predicted molar refractivity (Wildman–Crippen MR) is 85.7 cm³/mol. The van der Waals surface area contributed by atoms with E-state index in [-0.39, 0.29) is 18.6 Å². The zero-order chi connectivity index (χ0) is 18.2. The van der Waals surface area contributed by atoms with Crippen LogP contribution in [0, 0.1) is 0 Å². The van der Waals surface area contributed by atoms with Gasteiger partial charge in [0, 0.05) is 0 Å². The van der Waals surface area contributed by atoms with E-state index in [4.69, 9.17) is 16.2 Å². The van der Waals surface area contributed by atoms with Crippen molar-refractivity contribution < 1.29 is 28.6 Å². The Morgan fingerprint density at radius 3 is 2.21 bits per heavy atom. The van der Waals surface area contributed by atoms with Crippen LogP contribution in [0.15, 0.2) is 0 Å². The first-order valence-electron chi connectivity index (χ1n) is 8.31. The maximum absolute atomic E-state index is 11.9. The molecule has 1 aliphatic rings. The van der Waals surface area contributed by atoms with Gasteiger partial charge in [-0.2, -0.15) is 0 Å². The molecule has 1 saturated carbocycles. The highest BCUT2D eigenvalue weighted by molar-refractivity contribution is 5.92. The molecule has 8 heteroatoms. The lowest BCUT2D eigenvalue weighted by Crippen LogP contribution is -2.44. The van der Waals surface area contributed by atoms with Gasteiger partial charge in [0.1, 0.15) is 12.1 Å². The summed E-state index contributed by atoms with van der Waals surface area (Å²) in [7, 11) is 1.17. The van der Waals surface area contributed by atoms with Crippen molar-refractivity contribution in [1.82, 2.24) is 0 Å². The summed E-state index contributed by atoms with van der Waals surface area (Å²) in [6.45, 7) is 2.07. The molecule has 0 unspecified atom stereocenters. The van der Waals surface area contributed by atoms with Crippen molar-refractivity contribution >= 4 is 17.9 Å². The van der Waals surface area contributed by atoms with Gasteiger partial charge < -0.3 is 25.7 Å². The number of hydrogen-bond acceptors (Lipinski definition) is 8. The highest BCUT2D eigenvalue weighted by Gasteiger charge is 2.35. The Balaban J connectivity index is 2.43. The van der Waals surface area contributed by atoms with Gasteiger partial charge >= 0.3 is 17.9 Å². The van der Waals surface area contributed by atoms with Crippen LogP contribution in [-0.2, 0) is 28.6 Å². The van der Waals surface area contributed by atoms with Crippen LogP contribution in [-0.4, -0.2) is 49.3 Å². The van der Waals surface area contributed by atoms with Crippen LogP contribution in [0.4, 0.5) is 0 Å². The minimum atomic E-state index is -1.27. The minimum absolute atomic E-state index is 0.0155. The molecule has 4 N–H and O–H groups in total. The summed E-state index contributed by atoms with van der Waals surface area (Å²) in [5.74, 6) is -2.59. The molecule has 0 bridgehead atoms. The van der Waals surface area contributed by atoms with E-state index in [1.54, 1.807) is 0 Å². The van der Waals surface area contributed by atoms with Gasteiger partial charge in [-0.1, -0.05) is 26.2 Å². The molecule has 0 radical (unpaired) electrons. The molecule has 138 valence electrons. The fourth-order valence-electron chi connectivity index (χ4n) is 2.87. The Morgan fingerprint density at radius 1 is 1.08 bits per heavy atom. The second-order valence-corrected chi connectivity index (χ2v) is 6.18. The zero-order valence-corrected chi connectivity index (χ0v) is 14.4. The molecule has 0 saturated heterocycles. The van der Waals surface area contributed by atoms with Gasteiger partial charge in [-0.15, -0.1) is 0 Å². The van der Waals surface area contributed by atoms with Crippen molar-refractivity contribution in [2.24, 2.45) is 11.5 Å². The number of rotatable bonds is 9. The molecule has 0 aromatic heterocycles. The van der Waals surface area contributed by atoms with Crippen LogP contribution in [0.3, 0.4) is 0 Å². The quantitative estimate of drug-likeness (QED) is 0.454. The number of ether oxygens (including phenoxy) is 3. The Labute approximate surface area is 142 Å². The van der Waals surface area contributed by atoms with E-state index in [0.29, 0.717) is 0 Å². The van der Waals surface area contributed by atoms with Crippen LogP contribution in [0.25, 0.3) is 0 Å². The maximum Gasteiger partial charge on any atom is 0.333 e. The molecule has 24 heavy (non-hydrogen) atoms. The molecule has 0 aromatic rings. The van der Waals surface area contributed by atoms with Gasteiger partial charge in [0.25, 0.3) is 0 Å². The molecule has 2 atom stereocenters. The Morgan fingerprint density at radius 2 is 1.67 bits per heavy atom. The monoisotopic (exact) mass is 344 g/mol. The van der Waals surface area contributed by atoms with Crippen molar-refractivity contribution in [1.29, 1.82) is 0 Å². The molecule has 0 spiro atoms. The fourth-order valence-corrected chi connectivity index (χ4v) is 2.87. The molecule has 1 fully saturated rings. The highest BCUT2D eigenvalue weighted by Crippen LogP contribution is 2.37. The molecule has 8 nitrogen and oxygen atoms in total. The minimum Gasteiger partial charge on any atom is -0.469 e. The maximum atomic E-state index is 11.9. The molecule has 0 aromatic carbocycles. The van der Waals surface area contributed by atoms with E-state index in [0.717, 1.165) is 38.5 Å². The summed E-state index contributed by atoms with van der Waals surface area (Å²) in [5, 5.41) is 0. The van der Waals surface area contributed by atoms with Crippen LogP contribution < -0.4 is 11.5 Å². The topological polar surface area (TPSA) is 131 Å². The molecular weight excluding hydrogens is 316 g/mol. The van der Waals surface area contributed by atoms with E-state index in [9.17, 15) is 14.4 Å². The lowest BCUT2D eigenvalue weighted by atomic mass is 9.96. The van der Waals surface area contributed by atoms with Gasteiger partial charge in [-0.3, -0.25) is 4.79 Å². The average molecular weight is 344 g/mol. The number of methoxy groups -OCH3 is 1. The lowest BCUT2D eigenvalue weighted by molar-refractivity contribution is -0.165. The van der Waals surface area contributed by atoms with Gasteiger partial charge in [-0.25, -0.2) is 9.59 Å². The van der Waals surface area contributed by atoms with E-state index in [2.05, 4.69) is 16.4 Å². The van der Waals surface area contributed by atoms with Crippen molar-refractivity contribution in [3.63, 3.8) is 0 Å². The second kappa shape index (κ2) is 9.71. The van der Waals surface area contributed by atoms with Crippen molar-refractivity contribution in [3.05, 3.63) is 0 Å². The smallest absolute Gasteiger partial charge is 0.333 e. The average Bonchev–Trinajstić information content (AvgIpc) is 3.01. The van der Waals surface area contributed by atoms with Crippen LogP contribution in [0.1, 0.15) is 51.9 Å². The summed E-state index contributed by atoms with van der Waals surface area (Å²) in [6.07, 6.45) is 5.63. The summed E-state index contributed by atoms with van der Waals surface area (Å²) in [4.78, 5) is 34.6. The standard InChI is InChI=1S/C16H28N2O6/c1-3-6-16(7-4-5-8-16)23-10-12(18)15(21)24-14(20)11(17)9-13(19)22-2/h11-12H,3-10,17-18H2,1-2H3/t11-,12-/m0/s1. The molecule has 0 amide bonds. The number of nitrogens with two attached hydrogens (primary N) is 2. The number of carbonyl (C=O) groups excluding carboxylic acids is 3. The first-order valence-corrected chi connectivity index (χ1v) is 8.31. The molecule has 1 aliphatic carbocycles. The summed E-state index contributed by atoms with van der Waals surface area (Å²) in [6, 6.07) is -2.34. The first-order chi connectivity index (χ1) is 11.3. The van der Waals surface area contributed by atoms with Gasteiger partial charge in [0.05, 0.1) is 25.7 Å². The van der Waals surface area contributed by atoms with E-state index in [1.165, 1.54) is 7.11 Å². The number of carbonyl (C=O) groups is 3. The molecule has 1 rings (SSSR count). The first kappa shape index (κ1) is 20.5. The van der Waals surface area contributed by atoms with Gasteiger partial charge in [0.2, 0.25) is 0 Å². The highest BCUT2D eigenvalue weighted by atomic mass is 16.6.